The van der Waals surface area contributed by atoms with E-state index in [1.54, 1.807) is 11.8 Å². The molecule has 0 bridgehead atoms. The van der Waals surface area contributed by atoms with Crippen LogP contribution in [-0.4, -0.2) is 66.9 Å². The van der Waals surface area contributed by atoms with Crippen LogP contribution in [0.3, 0.4) is 0 Å². The predicted octanol–water partition coefficient (Wildman–Crippen LogP) is 3.08. The summed E-state index contributed by atoms with van der Waals surface area (Å²) < 4.78 is 5.08. The van der Waals surface area contributed by atoms with Crippen molar-refractivity contribution in [2.24, 2.45) is 11.8 Å². The fraction of sp³-hybridized carbons (Fsp3) is 0.625. The number of carbonyl (C=O) groups excluding carboxylic acids is 3. The number of amides is 2. The van der Waals surface area contributed by atoms with Crippen molar-refractivity contribution in [3.8, 4) is 0 Å². The van der Waals surface area contributed by atoms with E-state index >= 15 is 0 Å². The molecule has 2 heterocycles. The van der Waals surface area contributed by atoms with Crippen LogP contribution in [-0.2, 0) is 14.3 Å². The van der Waals surface area contributed by atoms with Crippen molar-refractivity contribution in [3.05, 3.63) is 29.3 Å². The molecule has 0 aliphatic carbocycles. The number of hydrogen-bond donors (Lipinski definition) is 1. The highest BCUT2D eigenvalue weighted by Gasteiger charge is 2.28. The van der Waals surface area contributed by atoms with Crippen LogP contribution >= 0.6 is 0 Å². The van der Waals surface area contributed by atoms with Crippen molar-refractivity contribution >= 4 is 23.5 Å². The highest BCUT2D eigenvalue weighted by atomic mass is 16.5. The number of likely N-dealkylation sites (tertiary alicyclic amines) is 2. The molecule has 1 aromatic carbocycles. The molecule has 7 heteroatoms. The second-order valence-corrected chi connectivity index (χ2v) is 8.79. The predicted molar refractivity (Wildman–Crippen MR) is 120 cm³/mol. The Morgan fingerprint density at radius 2 is 1.84 bits per heavy atom. The third kappa shape index (κ3) is 5.99. The summed E-state index contributed by atoms with van der Waals surface area (Å²) in [6.07, 6.45) is 3.54. The number of benzene rings is 1. The minimum Gasteiger partial charge on any atom is -0.466 e. The highest BCUT2D eigenvalue weighted by Crippen LogP contribution is 2.22. The summed E-state index contributed by atoms with van der Waals surface area (Å²) in [4.78, 5) is 41.0. The van der Waals surface area contributed by atoms with Gasteiger partial charge in [-0.2, -0.15) is 0 Å². The van der Waals surface area contributed by atoms with Crippen molar-refractivity contribution in [2.45, 2.75) is 46.5 Å². The van der Waals surface area contributed by atoms with Crippen LogP contribution in [0.2, 0.25) is 0 Å². The maximum absolute atomic E-state index is 12.8. The van der Waals surface area contributed by atoms with Crippen LogP contribution in [0.15, 0.2) is 18.2 Å². The van der Waals surface area contributed by atoms with Crippen LogP contribution in [0, 0.1) is 18.8 Å². The average Bonchev–Trinajstić information content (AvgIpc) is 2.77. The summed E-state index contributed by atoms with van der Waals surface area (Å²) in [7, 11) is 0. The molecule has 0 radical (unpaired) electrons. The number of anilines is 1. The molecule has 0 spiro atoms. The SMILES string of the molecule is CCOC(=O)C1CCN(C(=O)CNc2ccc(C(=O)N3CCCC(C)C3)cc2C)CC1. The zero-order valence-electron chi connectivity index (χ0n) is 19.0. The van der Waals surface area contributed by atoms with Crippen LogP contribution in [0.5, 0.6) is 0 Å². The highest BCUT2D eigenvalue weighted by molar-refractivity contribution is 5.95. The molecule has 2 amide bonds. The first-order chi connectivity index (χ1) is 14.9. The Morgan fingerprint density at radius 3 is 2.48 bits per heavy atom. The van der Waals surface area contributed by atoms with Gasteiger partial charge in [-0.25, -0.2) is 0 Å². The number of piperidine rings is 2. The lowest BCUT2D eigenvalue weighted by Crippen LogP contribution is -2.43. The van der Waals surface area contributed by atoms with E-state index in [1.165, 1.54) is 6.42 Å². The van der Waals surface area contributed by atoms with E-state index in [9.17, 15) is 14.4 Å². The van der Waals surface area contributed by atoms with Gasteiger partial charge in [-0.05, 0) is 69.2 Å². The smallest absolute Gasteiger partial charge is 0.309 e. The number of rotatable bonds is 6. The zero-order valence-corrected chi connectivity index (χ0v) is 19.0. The van der Waals surface area contributed by atoms with Crippen LogP contribution in [0.1, 0.15) is 55.5 Å². The number of carbonyl (C=O) groups is 3. The molecule has 2 saturated heterocycles. The molecule has 2 fully saturated rings. The van der Waals surface area contributed by atoms with Gasteiger partial charge in [-0.1, -0.05) is 6.92 Å². The third-order valence-electron chi connectivity index (χ3n) is 6.32. The molecule has 3 rings (SSSR count). The number of ether oxygens (including phenoxy) is 1. The number of nitrogens with one attached hydrogen (secondary N) is 1. The fourth-order valence-corrected chi connectivity index (χ4v) is 4.46. The first-order valence-electron chi connectivity index (χ1n) is 11.5. The maximum atomic E-state index is 12.8. The van der Waals surface area contributed by atoms with Gasteiger partial charge in [0.15, 0.2) is 0 Å². The minimum atomic E-state index is -0.156. The van der Waals surface area contributed by atoms with Crippen molar-refractivity contribution < 1.29 is 19.1 Å². The molecule has 0 aromatic heterocycles. The Labute approximate surface area is 185 Å². The lowest BCUT2D eigenvalue weighted by molar-refractivity contribution is -0.151. The van der Waals surface area contributed by atoms with E-state index in [2.05, 4.69) is 12.2 Å². The van der Waals surface area contributed by atoms with Crippen LogP contribution in [0.4, 0.5) is 5.69 Å². The largest absolute Gasteiger partial charge is 0.466 e. The van der Waals surface area contributed by atoms with Gasteiger partial charge in [-0.3, -0.25) is 14.4 Å². The Kier molecular flexibility index (Phi) is 7.93. The molecule has 170 valence electrons. The van der Waals surface area contributed by atoms with E-state index in [1.807, 2.05) is 30.0 Å². The number of nitrogens with zero attached hydrogens (tertiary/aromatic N) is 2. The summed E-state index contributed by atoms with van der Waals surface area (Å²) in [5, 5.41) is 3.21. The van der Waals surface area contributed by atoms with Crippen LogP contribution < -0.4 is 5.32 Å². The summed E-state index contributed by atoms with van der Waals surface area (Å²) in [6, 6.07) is 5.63. The van der Waals surface area contributed by atoms with Gasteiger partial charge in [0.05, 0.1) is 19.1 Å². The maximum Gasteiger partial charge on any atom is 0.309 e. The average molecular weight is 430 g/mol. The number of esters is 1. The van der Waals surface area contributed by atoms with E-state index in [-0.39, 0.29) is 30.2 Å². The molecular formula is C24H35N3O4. The van der Waals surface area contributed by atoms with Gasteiger partial charge in [0.1, 0.15) is 0 Å². The monoisotopic (exact) mass is 429 g/mol. The first kappa shape index (κ1) is 23.1. The topological polar surface area (TPSA) is 79.0 Å². The second-order valence-electron chi connectivity index (χ2n) is 8.79. The third-order valence-corrected chi connectivity index (χ3v) is 6.32. The molecule has 7 nitrogen and oxygen atoms in total. The van der Waals surface area contributed by atoms with Gasteiger partial charge < -0.3 is 19.9 Å². The Hall–Kier alpha value is -2.57. The summed E-state index contributed by atoms with van der Waals surface area (Å²) in [5.74, 6) is 0.392. The fourth-order valence-electron chi connectivity index (χ4n) is 4.46. The summed E-state index contributed by atoms with van der Waals surface area (Å²) >= 11 is 0. The molecule has 1 unspecified atom stereocenters. The molecule has 1 aromatic rings. The molecule has 1 atom stereocenters. The Morgan fingerprint density at radius 1 is 1.10 bits per heavy atom. The van der Waals surface area contributed by atoms with E-state index in [4.69, 9.17) is 4.74 Å². The Bertz CT molecular complexity index is 802. The van der Waals surface area contributed by atoms with Gasteiger partial charge >= 0.3 is 5.97 Å². The quantitative estimate of drug-likeness (QED) is 0.703. The lowest BCUT2D eigenvalue weighted by atomic mass is 9.97. The van der Waals surface area contributed by atoms with Crippen LogP contribution in [0.25, 0.3) is 0 Å². The molecular weight excluding hydrogens is 394 g/mol. The first-order valence-corrected chi connectivity index (χ1v) is 11.5. The lowest BCUT2D eigenvalue weighted by Gasteiger charge is -2.31. The minimum absolute atomic E-state index is 0.0177. The van der Waals surface area contributed by atoms with Gasteiger partial charge in [0.25, 0.3) is 5.91 Å². The van der Waals surface area contributed by atoms with Gasteiger partial charge in [0.2, 0.25) is 5.91 Å². The van der Waals surface area contributed by atoms with E-state index in [0.717, 1.165) is 30.8 Å². The normalized spacial score (nSPS) is 19.8. The van der Waals surface area contributed by atoms with Gasteiger partial charge in [0, 0.05) is 37.4 Å². The number of hydrogen-bond acceptors (Lipinski definition) is 5. The van der Waals surface area contributed by atoms with E-state index < -0.39 is 0 Å². The Balaban J connectivity index is 1.50. The van der Waals surface area contributed by atoms with Gasteiger partial charge in [-0.15, -0.1) is 0 Å². The van der Waals surface area contributed by atoms with Crippen molar-refractivity contribution in [1.82, 2.24) is 9.80 Å². The van der Waals surface area contributed by atoms with Crippen molar-refractivity contribution in [2.75, 3.05) is 44.6 Å². The van der Waals surface area contributed by atoms with Crippen molar-refractivity contribution in [1.29, 1.82) is 0 Å². The summed E-state index contributed by atoms with van der Waals surface area (Å²) in [6.45, 7) is 9.32. The standard InChI is InChI=1S/C24H35N3O4/c1-4-31-24(30)19-9-12-26(13-10-19)22(28)15-25-21-8-7-20(14-18(21)3)23(29)27-11-5-6-17(2)16-27/h7-8,14,17,19,25H,4-6,9-13,15-16H2,1-3H3. The molecule has 0 saturated carbocycles. The molecule has 2 aliphatic rings. The van der Waals surface area contributed by atoms with E-state index in [0.29, 0.717) is 44.0 Å². The molecule has 1 N–H and O–H groups in total. The summed E-state index contributed by atoms with van der Waals surface area (Å²) in [5.41, 5.74) is 2.51. The van der Waals surface area contributed by atoms with Crippen molar-refractivity contribution in [3.63, 3.8) is 0 Å². The second kappa shape index (κ2) is 10.6. The molecule has 2 aliphatic heterocycles. The molecule has 31 heavy (non-hydrogen) atoms. The number of aryl methyl sites for hydroxylation is 1. The zero-order chi connectivity index (χ0) is 22.4.